The Morgan fingerprint density at radius 3 is 2.94 bits per heavy atom. The summed E-state index contributed by atoms with van der Waals surface area (Å²) in [5.74, 6) is 0.597. The minimum Gasteiger partial charge on any atom is -0.312 e. The molecule has 0 bridgehead atoms. The van der Waals surface area contributed by atoms with E-state index in [1.165, 1.54) is 11.3 Å². The van der Waals surface area contributed by atoms with Crippen LogP contribution >= 0.6 is 11.3 Å². The molecule has 1 unspecified atom stereocenters. The van der Waals surface area contributed by atoms with E-state index < -0.39 is 0 Å². The molecule has 0 aliphatic heterocycles. The molecule has 0 radical (unpaired) electrons. The highest BCUT2D eigenvalue weighted by Crippen LogP contribution is 2.12. The Morgan fingerprint density at radius 1 is 1.44 bits per heavy atom. The Labute approximate surface area is 111 Å². The fourth-order valence-corrected chi connectivity index (χ4v) is 2.48. The van der Waals surface area contributed by atoms with Gasteiger partial charge in [-0.2, -0.15) is 0 Å². The molecule has 5 heteroatoms. The van der Waals surface area contributed by atoms with Crippen molar-refractivity contribution in [2.24, 2.45) is 5.92 Å². The van der Waals surface area contributed by atoms with E-state index >= 15 is 0 Å². The molecule has 1 atom stereocenters. The second kappa shape index (κ2) is 5.63. The van der Waals surface area contributed by atoms with E-state index in [-0.39, 0.29) is 5.56 Å². The highest BCUT2D eigenvalue weighted by Gasteiger charge is 2.07. The zero-order valence-electron chi connectivity index (χ0n) is 11.0. The molecule has 98 valence electrons. The van der Waals surface area contributed by atoms with Crippen LogP contribution < -0.4 is 10.9 Å². The van der Waals surface area contributed by atoms with Crippen LogP contribution in [0.25, 0.3) is 10.2 Å². The summed E-state index contributed by atoms with van der Waals surface area (Å²) < 4.78 is 2.42. The average molecular weight is 265 g/mol. The lowest BCUT2D eigenvalue weighted by atomic mass is 10.1. The standard InChI is InChI=1S/C13H19N3OS/c1-9(2)10(3)14-5-6-16-8-15-11-4-7-18-12(11)13(16)17/h4,7-10,14H,5-6H2,1-3H3. The van der Waals surface area contributed by atoms with Gasteiger partial charge in [-0.1, -0.05) is 13.8 Å². The fourth-order valence-electron chi connectivity index (χ4n) is 1.69. The van der Waals surface area contributed by atoms with Crippen LogP contribution in [-0.4, -0.2) is 22.1 Å². The molecular weight excluding hydrogens is 246 g/mol. The molecule has 0 saturated carbocycles. The number of nitrogens with one attached hydrogen (secondary N) is 1. The lowest BCUT2D eigenvalue weighted by molar-refractivity contribution is 0.415. The van der Waals surface area contributed by atoms with Gasteiger partial charge in [0.25, 0.3) is 5.56 Å². The maximum atomic E-state index is 12.1. The number of rotatable bonds is 5. The minimum atomic E-state index is 0.0639. The third kappa shape index (κ3) is 2.79. The Balaban J connectivity index is 2.04. The van der Waals surface area contributed by atoms with Crippen LogP contribution in [-0.2, 0) is 6.54 Å². The molecule has 1 N–H and O–H groups in total. The van der Waals surface area contributed by atoms with Crippen molar-refractivity contribution < 1.29 is 0 Å². The molecule has 2 heterocycles. The molecule has 0 aromatic carbocycles. The van der Waals surface area contributed by atoms with Gasteiger partial charge in [-0.05, 0) is 24.3 Å². The first kappa shape index (κ1) is 13.2. The third-order valence-corrected chi connectivity index (χ3v) is 4.15. The summed E-state index contributed by atoms with van der Waals surface area (Å²) in [4.78, 5) is 16.4. The first-order valence-electron chi connectivity index (χ1n) is 6.25. The van der Waals surface area contributed by atoms with E-state index in [9.17, 15) is 4.79 Å². The molecule has 18 heavy (non-hydrogen) atoms. The smallest absolute Gasteiger partial charge is 0.271 e. The van der Waals surface area contributed by atoms with E-state index in [0.717, 1.165) is 16.8 Å². The minimum absolute atomic E-state index is 0.0639. The van der Waals surface area contributed by atoms with Crippen LogP contribution in [0.5, 0.6) is 0 Å². The van der Waals surface area contributed by atoms with Gasteiger partial charge in [0, 0.05) is 19.1 Å². The number of hydrogen-bond acceptors (Lipinski definition) is 4. The van der Waals surface area contributed by atoms with Crippen molar-refractivity contribution in [1.82, 2.24) is 14.9 Å². The second-order valence-electron chi connectivity index (χ2n) is 4.86. The summed E-state index contributed by atoms with van der Waals surface area (Å²) in [6.07, 6.45) is 1.64. The lowest BCUT2D eigenvalue weighted by Gasteiger charge is -2.17. The maximum absolute atomic E-state index is 12.1. The highest BCUT2D eigenvalue weighted by molar-refractivity contribution is 7.17. The second-order valence-corrected chi connectivity index (χ2v) is 5.78. The molecule has 4 nitrogen and oxygen atoms in total. The molecule has 2 rings (SSSR count). The van der Waals surface area contributed by atoms with Gasteiger partial charge in [0.2, 0.25) is 0 Å². The van der Waals surface area contributed by atoms with Crippen molar-refractivity contribution in [3.63, 3.8) is 0 Å². The molecule has 0 fully saturated rings. The summed E-state index contributed by atoms with van der Waals surface area (Å²) in [5.41, 5.74) is 0.860. The average Bonchev–Trinajstić information content (AvgIpc) is 2.80. The summed E-state index contributed by atoms with van der Waals surface area (Å²) >= 11 is 1.46. The fraction of sp³-hybridized carbons (Fsp3) is 0.538. The third-order valence-electron chi connectivity index (χ3n) is 3.25. The molecule has 0 aliphatic rings. The van der Waals surface area contributed by atoms with Crippen LogP contribution in [0.2, 0.25) is 0 Å². The molecule has 0 spiro atoms. The monoisotopic (exact) mass is 265 g/mol. The van der Waals surface area contributed by atoms with Gasteiger partial charge in [0.1, 0.15) is 4.70 Å². The van der Waals surface area contributed by atoms with Crippen molar-refractivity contribution >= 4 is 21.6 Å². The van der Waals surface area contributed by atoms with Crippen molar-refractivity contribution in [3.05, 3.63) is 28.1 Å². The summed E-state index contributed by atoms with van der Waals surface area (Å²) in [6.45, 7) is 7.98. The van der Waals surface area contributed by atoms with E-state index in [0.29, 0.717) is 18.5 Å². The van der Waals surface area contributed by atoms with E-state index in [2.05, 4.69) is 31.1 Å². The van der Waals surface area contributed by atoms with Crippen LogP contribution in [0.15, 0.2) is 22.6 Å². The van der Waals surface area contributed by atoms with Crippen molar-refractivity contribution in [2.45, 2.75) is 33.4 Å². The SMILES string of the molecule is CC(C)C(C)NCCn1cnc2ccsc2c1=O. The Kier molecular flexibility index (Phi) is 4.14. The zero-order chi connectivity index (χ0) is 13.1. The van der Waals surface area contributed by atoms with E-state index in [4.69, 9.17) is 0 Å². The Bertz CT molecular complexity index is 573. The van der Waals surface area contributed by atoms with Crippen LogP contribution in [0.1, 0.15) is 20.8 Å². The largest absolute Gasteiger partial charge is 0.312 e. The van der Waals surface area contributed by atoms with Crippen molar-refractivity contribution in [2.75, 3.05) is 6.54 Å². The number of aromatic nitrogens is 2. The van der Waals surface area contributed by atoms with E-state index in [1.54, 1.807) is 10.9 Å². The van der Waals surface area contributed by atoms with Crippen LogP contribution in [0.4, 0.5) is 0 Å². The predicted octanol–water partition coefficient (Wildman–Crippen LogP) is 2.09. The van der Waals surface area contributed by atoms with Gasteiger partial charge in [-0.3, -0.25) is 9.36 Å². The summed E-state index contributed by atoms with van der Waals surface area (Å²) in [5, 5.41) is 5.32. The topological polar surface area (TPSA) is 46.9 Å². The summed E-state index contributed by atoms with van der Waals surface area (Å²) in [6, 6.07) is 2.34. The maximum Gasteiger partial charge on any atom is 0.271 e. The van der Waals surface area contributed by atoms with Gasteiger partial charge < -0.3 is 5.32 Å². The van der Waals surface area contributed by atoms with Gasteiger partial charge in [-0.15, -0.1) is 11.3 Å². The van der Waals surface area contributed by atoms with Crippen LogP contribution in [0.3, 0.4) is 0 Å². The quantitative estimate of drug-likeness (QED) is 0.900. The normalized spacial score (nSPS) is 13.3. The Morgan fingerprint density at radius 2 is 2.22 bits per heavy atom. The molecule has 2 aromatic rings. The van der Waals surface area contributed by atoms with Gasteiger partial charge in [0.05, 0.1) is 11.8 Å². The predicted molar refractivity (Wildman–Crippen MR) is 76.2 cm³/mol. The number of thiophene rings is 1. The highest BCUT2D eigenvalue weighted by atomic mass is 32.1. The number of hydrogen-bond donors (Lipinski definition) is 1. The van der Waals surface area contributed by atoms with Crippen molar-refractivity contribution in [1.29, 1.82) is 0 Å². The van der Waals surface area contributed by atoms with Crippen LogP contribution in [0, 0.1) is 5.92 Å². The lowest BCUT2D eigenvalue weighted by Crippen LogP contribution is -2.35. The van der Waals surface area contributed by atoms with Crippen molar-refractivity contribution in [3.8, 4) is 0 Å². The molecule has 0 amide bonds. The molecule has 2 aromatic heterocycles. The number of fused-ring (bicyclic) bond motifs is 1. The molecule has 0 aliphatic carbocycles. The Hall–Kier alpha value is -1.20. The van der Waals surface area contributed by atoms with Gasteiger partial charge in [-0.25, -0.2) is 4.98 Å². The van der Waals surface area contributed by atoms with E-state index in [1.807, 2.05) is 11.4 Å². The first-order valence-corrected chi connectivity index (χ1v) is 7.13. The first-order chi connectivity index (χ1) is 8.59. The van der Waals surface area contributed by atoms with Gasteiger partial charge >= 0.3 is 0 Å². The molecular formula is C13H19N3OS. The van der Waals surface area contributed by atoms with Gasteiger partial charge in [0.15, 0.2) is 0 Å². The zero-order valence-corrected chi connectivity index (χ0v) is 11.8. The summed E-state index contributed by atoms with van der Waals surface area (Å²) in [7, 11) is 0. The molecule has 0 saturated heterocycles. The number of nitrogens with zero attached hydrogens (tertiary/aromatic N) is 2.